The summed E-state index contributed by atoms with van der Waals surface area (Å²) in [4.78, 5) is 9.47. The van der Waals surface area contributed by atoms with E-state index in [1.54, 1.807) is 6.20 Å². The van der Waals surface area contributed by atoms with Crippen LogP contribution in [0.3, 0.4) is 0 Å². The van der Waals surface area contributed by atoms with Crippen molar-refractivity contribution in [1.82, 2.24) is 9.88 Å². The molecule has 4 nitrogen and oxygen atoms in total. The number of aromatic nitrogens is 1. The number of nitriles is 1. The minimum absolute atomic E-state index is 0.686. The molecule has 0 bridgehead atoms. The van der Waals surface area contributed by atoms with Crippen molar-refractivity contribution >= 4 is 16.5 Å². The molecule has 1 saturated heterocycles. The first-order chi connectivity index (χ1) is 7.69. The van der Waals surface area contributed by atoms with E-state index in [1.807, 2.05) is 0 Å². The van der Waals surface area contributed by atoms with Gasteiger partial charge in [0.2, 0.25) is 0 Å². The normalized spacial score (nSPS) is 20.9. The van der Waals surface area contributed by atoms with Crippen molar-refractivity contribution in [3.05, 3.63) is 11.1 Å². The standard InChI is InChI=1S/C11H16N4S/c1-14-4-3-9(7-14)8-15(2)11-13-6-10(5-12)16-11/h6,9H,3-4,7-8H2,1-2H3. The molecular formula is C11H16N4S. The van der Waals surface area contributed by atoms with Gasteiger partial charge in [-0.3, -0.25) is 0 Å². The molecule has 2 heterocycles. The molecule has 1 aliphatic rings. The lowest BCUT2D eigenvalue weighted by atomic mass is 10.1. The predicted octanol–water partition coefficient (Wildman–Crippen LogP) is 1.40. The summed E-state index contributed by atoms with van der Waals surface area (Å²) in [5.41, 5.74) is 0. The predicted molar refractivity (Wildman–Crippen MR) is 65.7 cm³/mol. The van der Waals surface area contributed by atoms with Crippen LogP contribution in [0.25, 0.3) is 0 Å². The summed E-state index contributed by atoms with van der Waals surface area (Å²) in [6, 6.07) is 2.12. The van der Waals surface area contributed by atoms with Gasteiger partial charge in [-0.25, -0.2) is 4.98 Å². The molecule has 1 aromatic heterocycles. The summed E-state index contributed by atoms with van der Waals surface area (Å²) in [5, 5.41) is 9.70. The molecular weight excluding hydrogens is 220 g/mol. The van der Waals surface area contributed by atoms with Crippen molar-refractivity contribution in [2.75, 3.05) is 38.6 Å². The van der Waals surface area contributed by atoms with Crippen LogP contribution in [-0.4, -0.2) is 43.6 Å². The smallest absolute Gasteiger partial charge is 0.186 e. The maximum Gasteiger partial charge on any atom is 0.186 e. The lowest BCUT2D eigenvalue weighted by Crippen LogP contribution is -2.27. The molecule has 16 heavy (non-hydrogen) atoms. The molecule has 2 rings (SSSR count). The van der Waals surface area contributed by atoms with Crippen molar-refractivity contribution in [3.8, 4) is 6.07 Å². The monoisotopic (exact) mass is 236 g/mol. The molecule has 1 fully saturated rings. The van der Waals surface area contributed by atoms with E-state index >= 15 is 0 Å². The maximum absolute atomic E-state index is 8.75. The van der Waals surface area contributed by atoms with E-state index in [0.29, 0.717) is 4.88 Å². The minimum atomic E-state index is 0.686. The van der Waals surface area contributed by atoms with Gasteiger partial charge in [0.05, 0.1) is 6.20 Å². The van der Waals surface area contributed by atoms with Crippen molar-refractivity contribution in [2.45, 2.75) is 6.42 Å². The van der Waals surface area contributed by atoms with Crippen LogP contribution in [0.15, 0.2) is 6.20 Å². The molecule has 0 spiro atoms. The van der Waals surface area contributed by atoms with Gasteiger partial charge in [0.15, 0.2) is 5.13 Å². The van der Waals surface area contributed by atoms with Crippen molar-refractivity contribution in [2.24, 2.45) is 5.92 Å². The molecule has 0 amide bonds. The van der Waals surface area contributed by atoms with E-state index < -0.39 is 0 Å². The van der Waals surface area contributed by atoms with Gasteiger partial charge < -0.3 is 9.80 Å². The van der Waals surface area contributed by atoms with Gasteiger partial charge in [-0.15, -0.1) is 0 Å². The third-order valence-corrected chi connectivity index (χ3v) is 3.97. The van der Waals surface area contributed by atoms with Gasteiger partial charge in [-0.05, 0) is 25.9 Å². The van der Waals surface area contributed by atoms with E-state index in [0.717, 1.165) is 17.6 Å². The summed E-state index contributed by atoms with van der Waals surface area (Å²) < 4.78 is 0. The fraction of sp³-hybridized carbons (Fsp3) is 0.636. The van der Waals surface area contributed by atoms with Crippen LogP contribution in [0.1, 0.15) is 11.3 Å². The highest BCUT2D eigenvalue weighted by atomic mass is 32.1. The Kier molecular flexibility index (Phi) is 3.42. The van der Waals surface area contributed by atoms with Gasteiger partial charge in [-0.1, -0.05) is 11.3 Å². The molecule has 0 saturated carbocycles. The lowest BCUT2D eigenvalue weighted by molar-refractivity contribution is 0.396. The van der Waals surface area contributed by atoms with Crippen molar-refractivity contribution in [3.63, 3.8) is 0 Å². The first-order valence-electron chi connectivity index (χ1n) is 5.44. The topological polar surface area (TPSA) is 43.2 Å². The summed E-state index contributed by atoms with van der Waals surface area (Å²) in [5.74, 6) is 0.726. The SMILES string of the molecule is CN1CCC(CN(C)c2ncc(C#N)s2)C1. The van der Waals surface area contributed by atoms with E-state index in [-0.39, 0.29) is 0 Å². The average Bonchev–Trinajstić information content (AvgIpc) is 2.87. The van der Waals surface area contributed by atoms with Crippen LogP contribution in [0.2, 0.25) is 0 Å². The highest BCUT2D eigenvalue weighted by molar-refractivity contribution is 7.16. The third-order valence-electron chi connectivity index (χ3n) is 2.95. The Hall–Kier alpha value is -1.12. The molecule has 1 aliphatic heterocycles. The van der Waals surface area contributed by atoms with Crippen molar-refractivity contribution < 1.29 is 0 Å². The zero-order chi connectivity index (χ0) is 11.5. The molecule has 86 valence electrons. The van der Waals surface area contributed by atoms with E-state index in [9.17, 15) is 0 Å². The zero-order valence-corrected chi connectivity index (χ0v) is 10.5. The van der Waals surface area contributed by atoms with Crippen LogP contribution < -0.4 is 4.90 Å². The summed E-state index contributed by atoms with van der Waals surface area (Å²) in [6.07, 6.45) is 2.91. The van der Waals surface area contributed by atoms with E-state index in [2.05, 4.69) is 34.9 Å². The largest absolute Gasteiger partial charge is 0.351 e. The fourth-order valence-corrected chi connectivity index (χ4v) is 2.82. The van der Waals surface area contributed by atoms with Gasteiger partial charge in [0.1, 0.15) is 10.9 Å². The van der Waals surface area contributed by atoms with Crippen LogP contribution in [0.5, 0.6) is 0 Å². The fourth-order valence-electron chi connectivity index (χ4n) is 2.13. The Morgan fingerprint density at radius 3 is 3.12 bits per heavy atom. The number of rotatable bonds is 3. The lowest BCUT2D eigenvalue weighted by Gasteiger charge is -2.20. The van der Waals surface area contributed by atoms with Crippen LogP contribution >= 0.6 is 11.3 Å². The number of nitrogens with zero attached hydrogens (tertiary/aromatic N) is 4. The third kappa shape index (κ3) is 2.52. The summed E-state index contributed by atoms with van der Waals surface area (Å²) in [7, 11) is 4.22. The summed E-state index contributed by atoms with van der Waals surface area (Å²) >= 11 is 1.47. The molecule has 1 aromatic rings. The number of likely N-dealkylation sites (tertiary alicyclic amines) is 1. The second-order valence-corrected chi connectivity index (χ2v) is 5.43. The second-order valence-electron chi connectivity index (χ2n) is 4.42. The number of anilines is 1. The number of hydrogen-bond acceptors (Lipinski definition) is 5. The number of hydrogen-bond donors (Lipinski definition) is 0. The Bertz CT molecular complexity index is 395. The Balaban J connectivity index is 1.93. The minimum Gasteiger partial charge on any atom is -0.351 e. The Morgan fingerprint density at radius 1 is 1.75 bits per heavy atom. The maximum atomic E-state index is 8.75. The van der Waals surface area contributed by atoms with Crippen LogP contribution in [-0.2, 0) is 0 Å². The van der Waals surface area contributed by atoms with Gasteiger partial charge >= 0.3 is 0 Å². The van der Waals surface area contributed by atoms with Crippen LogP contribution in [0.4, 0.5) is 5.13 Å². The van der Waals surface area contributed by atoms with Gasteiger partial charge in [0.25, 0.3) is 0 Å². The highest BCUT2D eigenvalue weighted by Crippen LogP contribution is 2.23. The summed E-state index contributed by atoms with van der Waals surface area (Å²) in [6.45, 7) is 3.39. The quantitative estimate of drug-likeness (QED) is 0.795. The Labute approximate surface area is 100 Å². The second kappa shape index (κ2) is 4.81. The molecule has 0 aromatic carbocycles. The number of thiazole rings is 1. The van der Waals surface area contributed by atoms with Crippen LogP contribution in [0, 0.1) is 17.2 Å². The highest BCUT2D eigenvalue weighted by Gasteiger charge is 2.21. The first kappa shape index (κ1) is 11.4. The molecule has 1 unspecified atom stereocenters. The molecule has 0 aliphatic carbocycles. The zero-order valence-electron chi connectivity index (χ0n) is 9.68. The average molecular weight is 236 g/mol. The Morgan fingerprint density at radius 2 is 2.56 bits per heavy atom. The van der Waals surface area contributed by atoms with E-state index in [4.69, 9.17) is 5.26 Å². The van der Waals surface area contributed by atoms with E-state index in [1.165, 1.54) is 30.8 Å². The molecule has 0 radical (unpaired) electrons. The first-order valence-corrected chi connectivity index (χ1v) is 6.26. The van der Waals surface area contributed by atoms with Crippen molar-refractivity contribution in [1.29, 1.82) is 5.26 Å². The molecule has 5 heteroatoms. The van der Waals surface area contributed by atoms with Gasteiger partial charge in [0, 0.05) is 20.1 Å². The molecule has 0 N–H and O–H groups in total. The molecule has 1 atom stereocenters. The van der Waals surface area contributed by atoms with Gasteiger partial charge in [-0.2, -0.15) is 5.26 Å².